The molecule has 5 nitrogen and oxygen atoms in total. The molecule has 1 amide bonds. The number of nitrogens with zero attached hydrogens (tertiary/aromatic N) is 1. The second kappa shape index (κ2) is 10.4. The smallest absolute Gasteiger partial charge is 0.338 e. The van der Waals surface area contributed by atoms with Crippen LogP contribution in [0.4, 0.5) is 0 Å². The molecular formula is C34H29BrN2O3. The topological polar surface area (TPSA) is 60.3 Å². The standard InChI is InChI=1S/C34H29BrN2O3/c1-4-40-34(39)28-15-11-23-17-30(28)32-20(2)29-18-24(33(38)36-21(3)22-9-13-26(35)14-10-22)12-16-31(29)37(32)19-25-7-5-6-8-27(23)25/h5-18,21H,4,19H2,1-3H3,(H,36,38)/t21-/m0/s1. The number of esters is 1. The van der Waals surface area contributed by atoms with E-state index < -0.39 is 0 Å². The molecule has 0 fully saturated rings. The van der Waals surface area contributed by atoms with Gasteiger partial charge in [0, 0.05) is 33.0 Å². The maximum absolute atomic E-state index is 13.3. The lowest BCUT2D eigenvalue weighted by Gasteiger charge is -2.21. The van der Waals surface area contributed by atoms with Crippen LogP contribution in [-0.2, 0) is 11.3 Å². The number of fused-ring (bicyclic) bond motifs is 8. The van der Waals surface area contributed by atoms with Crippen molar-refractivity contribution >= 4 is 38.7 Å². The SMILES string of the molecule is CCOC(=O)c1ccc2cc1-c1c(C)c3cc(C(=O)N[C@@H](C)c4ccc(Br)cc4)ccc3n1Cc1ccccc1-2. The normalized spacial score (nSPS) is 12.6. The number of aromatic nitrogens is 1. The number of halogens is 1. The van der Waals surface area contributed by atoms with Gasteiger partial charge < -0.3 is 14.6 Å². The summed E-state index contributed by atoms with van der Waals surface area (Å²) in [6, 6.07) is 28.0. The molecule has 2 bridgehead atoms. The van der Waals surface area contributed by atoms with Gasteiger partial charge in [-0.25, -0.2) is 4.79 Å². The van der Waals surface area contributed by atoms with Gasteiger partial charge in [0.1, 0.15) is 0 Å². The molecule has 0 radical (unpaired) electrons. The first-order valence-electron chi connectivity index (χ1n) is 13.4. The Balaban J connectivity index is 1.47. The molecule has 0 saturated carbocycles. The molecule has 40 heavy (non-hydrogen) atoms. The summed E-state index contributed by atoms with van der Waals surface area (Å²) >= 11 is 3.46. The van der Waals surface area contributed by atoms with Gasteiger partial charge in [-0.2, -0.15) is 0 Å². The van der Waals surface area contributed by atoms with E-state index in [0.29, 0.717) is 24.3 Å². The summed E-state index contributed by atoms with van der Waals surface area (Å²) in [7, 11) is 0. The van der Waals surface area contributed by atoms with Gasteiger partial charge >= 0.3 is 5.97 Å². The third kappa shape index (κ3) is 4.52. The molecule has 5 aromatic rings. The van der Waals surface area contributed by atoms with Crippen LogP contribution in [0.1, 0.15) is 57.3 Å². The summed E-state index contributed by atoms with van der Waals surface area (Å²) in [5.74, 6) is -0.467. The van der Waals surface area contributed by atoms with E-state index in [9.17, 15) is 9.59 Å². The number of aryl methyl sites for hydroxylation is 1. The highest BCUT2D eigenvalue weighted by atomic mass is 79.9. The van der Waals surface area contributed by atoms with Crippen molar-refractivity contribution in [2.75, 3.05) is 6.61 Å². The van der Waals surface area contributed by atoms with E-state index in [1.807, 2.05) is 74.5 Å². The zero-order chi connectivity index (χ0) is 28.0. The monoisotopic (exact) mass is 592 g/mol. The van der Waals surface area contributed by atoms with E-state index in [1.165, 1.54) is 5.56 Å². The fourth-order valence-electron chi connectivity index (χ4n) is 5.69. The van der Waals surface area contributed by atoms with Gasteiger partial charge in [-0.05, 0) is 91.1 Å². The summed E-state index contributed by atoms with van der Waals surface area (Å²) < 4.78 is 8.69. The number of nitrogens with one attached hydrogen (secondary N) is 1. The number of ether oxygens (including phenoxy) is 1. The fraction of sp³-hybridized carbons (Fsp3) is 0.176. The van der Waals surface area contributed by atoms with Crippen LogP contribution in [0.3, 0.4) is 0 Å². The predicted octanol–water partition coefficient (Wildman–Crippen LogP) is 8.08. The molecule has 0 unspecified atom stereocenters. The molecule has 1 atom stereocenters. The molecule has 1 N–H and O–H groups in total. The molecule has 2 heterocycles. The first-order valence-corrected chi connectivity index (χ1v) is 14.2. The summed E-state index contributed by atoms with van der Waals surface area (Å²) in [4.78, 5) is 26.4. The van der Waals surface area contributed by atoms with Crippen molar-refractivity contribution in [1.82, 2.24) is 9.88 Å². The Morgan fingerprint density at radius 1 is 0.975 bits per heavy atom. The zero-order valence-electron chi connectivity index (χ0n) is 22.6. The van der Waals surface area contributed by atoms with Gasteiger partial charge in [0.15, 0.2) is 0 Å². The average molecular weight is 594 g/mol. The Morgan fingerprint density at radius 3 is 2.52 bits per heavy atom. The van der Waals surface area contributed by atoms with Crippen molar-refractivity contribution in [3.8, 4) is 22.4 Å². The molecule has 6 heteroatoms. The molecule has 0 spiro atoms. The summed E-state index contributed by atoms with van der Waals surface area (Å²) in [5.41, 5.74) is 9.42. The van der Waals surface area contributed by atoms with Gasteiger partial charge in [0.2, 0.25) is 0 Å². The summed E-state index contributed by atoms with van der Waals surface area (Å²) in [5, 5.41) is 4.12. The Labute approximate surface area is 241 Å². The minimum Gasteiger partial charge on any atom is -0.462 e. The van der Waals surface area contributed by atoms with Crippen LogP contribution in [0, 0.1) is 6.92 Å². The van der Waals surface area contributed by atoms with Crippen LogP contribution in [0.25, 0.3) is 33.3 Å². The molecule has 0 aliphatic carbocycles. The lowest BCUT2D eigenvalue weighted by atomic mass is 9.91. The maximum Gasteiger partial charge on any atom is 0.338 e. The molecule has 200 valence electrons. The van der Waals surface area contributed by atoms with Crippen molar-refractivity contribution in [1.29, 1.82) is 0 Å². The molecular weight excluding hydrogens is 564 g/mol. The molecule has 1 aliphatic rings. The number of hydrogen-bond acceptors (Lipinski definition) is 3. The summed E-state index contributed by atoms with van der Waals surface area (Å²) in [6.07, 6.45) is 0. The van der Waals surface area contributed by atoms with E-state index in [-0.39, 0.29) is 17.9 Å². The maximum atomic E-state index is 13.3. The lowest BCUT2D eigenvalue weighted by Crippen LogP contribution is -2.26. The van der Waals surface area contributed by atoms with Crippen molar-refractivity contribution in [3.05, 3.63) is 117 Å². The number of amides is 1. The highest BCUT2D eigenvalue weighted by Crippen LogP contribution is 2.41. The van der Waals surface area contributed by atoms with Gasteiger partial charge in [0.05, 0.1) is 23.9 Å². The highest BCUT2D eigenvalue weighted by Gasteiger charge is 2.26. The predicted molar refractivity (Wildman–Crippen MR) is 163 cm³/mol. The first-order chi connectivity index (χ1) is 19.4. The van der Waals surface area contributed by atoms with E-state index in [2.05, 4.69) is 57.0 Å². The fourth-order valence-corrected chi connectivity index (χ4v) is 5.96. The Kier molecular flexibility index (Phi) is 6.80. The molecule has 1 aromatic heterocycles. The van der Waals surface area contributed by atoms with Gasteiger partial charge in [0.25, 0.3) is 5.91 Å². The lowest BCUT2D eigenvalue weighted by molar-refractivity contribution is 0.0527. The minimum absolute atomic E-state index is 0.130. The largest absolute Gasteiger partial charge is 0.462 e. The number of carbonyl (C=O) groups excluding carboxylic acids is 2. The number of benzene rings is 4. The Morgan fingerprint density at radius 2 is 1.75 bits per heavy atom. The number of carbonyl (C=O) groups is 2. The van der Waals surface area contributed by atoms with E-state index in [4.69, 9.17) is 4.74 Å². The van der Waals surface area contributed by atoms with Crippen molar-refractivity contribution < 1.29 is 14.3 Å². The number of hydrogen-bond donors (Lipinski definition) is 1. The third-order valence-electron chi connectivity index (χ3n) is 7.72. The van der Waals surface area contributed by atoms with E-state index >= 15 is 0 Å². The minimum atomic E-state index is -0.337. The molecule has 0 saturated heterocycles. The average Bonchev–Trinajstić information content (AvgIpc) is 3.22. The van der Waals surface area contributed by atoms with Crippen LogP contribution in [-0.4, -0.2) is 23.1 Å². The van der Waals surface area contributed by atoms with Crippen LogP contribution in [0.5, 0.6) is 0 Å². The molecule has 6 rings (SSSR count). The van der Waals surface area contributed by atoms with Gasteiger partial charge in [-0.15, -0.1) is 0 Å². The Hall–Kier alpha value is -4.16. The van der Waals surface area contributed by atoms with Crippen LogP contribution in [0.15, 0.2) is 89.4 Å². The van der Waals surface area contributed by atoms with Crippen molar-refractivity contribution in [2.24, 2.45) is 0 Å². The second-order valence-corrected chi connectivity index (χ2v) is 11.1. The quantitative estimate of drug-likeness (QED) is 0.206. The third-order valence-corrected chi connectivity index (χ3v) is 8.25. The van der Waals surface area contributed by atoms with Crippen LogP contribution in [0.2, 0.25) is 0 Å². The second-order valence-electron chi connectivity index (χ2n) is 10.2. The van der Waals surface area contributed by atoms with Gasteiger partial charge in [-0.3, -0.25) is 4.79 Å². The first kappa shape index (κ1) is 26.1. The van der Waals surface area contributed by atoms with E-state index in [1.54, 1.807) is 0 Å². The van der Waals surface area contributed by atoms with Crippen LogP contribution < -0.4 is 5.32 Å². The number of rotatable bonds is 5. The summed E-state index contributed by atoms with van der Waals surface area (Å²) in [6.45, 7) is 6.82. The molecule has 1 aliphatic heterocycles. The van der Waals surface area contributed by atoms with Crippen LogP contribution >= 0.6 is 15.9 Å². The van der Waals surface area contributed by atoms with E-state index in [0.717, 1.165) is 48.9 Å². The Bertz CT molecular complexity index is 1790. The van der Waals surface area contributed by atoms with Crippen molar-refractivity contribution in [2.45, 2.75) is 33.4 Å². The van der Waals surface area contributed by atoms with Crippen molar-refractivity contribution in [3.63, 3.8) is 0 Å². The zero-order valence-corrected chi connectivity index (χ0v) is 24.2. The highest BCUT2D eigenvalue weighted by molar-refractivity contribution is 9.10. The molecule has 4 aromatic carbocycles. The van der Waals surface area contributed by atoms with Gasteiger partial charge in [-0.1, -0.05) is 58.4 Å².